The SMILES string of the molecule is CCN1C(=O)N(CC)C(=O)C(C(N)=O)(c2ccc(Br)cc2)C1=O. The standard InChI is InChI=1S/C15H16BrN3O4/c1-3-18-12(21)15(11(17)20,9-5-7-10(16)8-6-9)13(22)19(4-2)14(18)23/h5-8H,3-4H2,1-2H3,(H2,17,20). The highest BCUT2D eigenvalue weighted by atomic mass is 79.9. The molecule has 1 aliphatic rings. The van der Waals surface area contributed by atoms with Crippen molar-refractivity contribution in [2.45, 2.75) is 19.3 Å². The molecule has 1 aliphatic heterocycles. The molecular weight excluding hydrogens is 366 g/mol. The first-order valence-electron chi connectivity index (χ1n) is 7.06. The highest BCUT2D eigenvalue weighted by Crippen LogP contribution is 2.34. The molecule has 0 aliphatic carbocycles. The van der Waals surface area contributed by atoms with Gasteiger partial charge in [-0.3, -0.25) is 24.2 Å². The van der Waals surface area contributed by atoms with Crippen molar-refractivity contribution in [1.82, 2.24) is 9.80 Å². The van der Waals surface area contributed by atoms with Crippen LogP contribution in [0.2, 0.25) is 0 Å². The number of hydrogen-bond donors (Lipinski definition) is 1. The van der Waals surface area contributed by atoms with Gasteiger partial charge in [-0.05, 0) is 31.5 Å². The summed E-state index contributed by atoms with van der Waals surface area (Å²) in [5.74, 6) is -2.91. The van der Waals surface area contributed by atoms with Gasteiger partial charge in [-0.15, -0.1) is 0 Å². The lowest BCUT2D eigenvalue weighted by molar-refractivity contribution is -0.156. The third-order valence-corrected chi connectivity index (χ3v) is 4.40. The summed E-state index contributed by atoms with van der Waals surface area (Å²) in [4.78, 5) is 51.9. The van der Waals surface area contributed by atoms with Crippen LogP contribution in [-0.2, 0) is 19.8 Å². The number of nitrogens with two attached hydrogens (primary N) is 1. The van der Waals surface area contributed by atoms with Crippen LogP contribution in [0, 0.1) is 0 Å². The summed E-state index contributed by atoms with van der Waals surface area (Å²) < 4.78 is 0.715. The molecule has 0 atom stereocenters. The molecule has 8 heteroatoms. The molecular formula is C15H16BrN3O4. The number of urea groups is 1. The third-order valence-electron chi connectivity index (χ3n) is 3.87. The molecule has 0 spiro atoms. The van der Waals surface area contributed by atoms with Crippen molar-refractivity contribution in [3.63, 3.8) is 0 Å². The second-order valence-electron chi connectivity index (χ2n) is 5.00. The molecule has 0 unspecified atom stereocenters. The van der Waals surface area contributed by atoms with Crippen LogP contribution in [0.15, 0.2) is 28.7 Å². The monoisotopic (exact) mass is 381 g/mol. The largest absolute Gasteiger partial charge is 0.368 e. The average molecular weight is 382 g/mol. The van der Waals surface area contributed by atoms with Crippen molar-refractivity contribution in [2.75, 3.05) is 13.1 Å². The zero-order chi connectivity index (χ0) is 17.4. The van der Waals surface area contributed by atoms with Gasteiger partial charge in [0.25, 0.3) is 11.8 Å². The van der Waals surface area contributed by atoms with Crippen LogP contribution in [0.1, 0.15) is 19.4 Å². The van der Waals surface area contributed by atoms with Crippen LogP contribution in [0.3, 0.4) is 0 Å². The zero-order valence-corrected chi connectivity index (χ0v) is 14.3. The number of benzene rings is 1. The van der Waals surface area contributed by atoms with E-state index in [0.717, 1.165) is 9.80 Å². The summed E-state index contributed by atoms with van der Waals surface area (Å²) >= 11 is 3.25. The Morgan fingerprint density at radius 2 is 1.48 bits per heavy atom. The molecule has 1 fully saturated rings. The molecule has 1 aromatic rings. The van der Waals surface area contributed by atoms with E-state index in [4.69, 9.17) is 5.73 Å². The molecule has 122 valence electrons. The number of rotatable bonds is 4. The minimum absolute atomic E-state index is 0.0347. The number of halogens is 1. The molecule has 0 aromatic heterocycles. The van der Waals surface area contributed by atoms with E-state index in [9.17, 15) is 19.2 Å². The summed E-state index contributed by atoms with van der Waals surface area (Å²) in [7, 11) is 0. The van der Waals surface area contributed by atoms with Gasteiger partial charge in [-0.2, -0.15) is 0 Å². The van der Waals surface area contributed by atoms with Crippen LogP contribution < -0.4 is 5.73 Å². The number of hydrogen-bond acceptors (Lipinski definition) is 4. The van der Waals surface area contributed by atoms with Crippen LogP contribution in [0.25, 0.3) is 0 Å². The van der Waals surface area contributed by atoms with Gasteiger partial charge in [0.05, 0.1) is 0 Å². The molecule has 5 amide bonds. The topological polar surface area (TPSA) is 101 Å². The average Bonchev–Trinajstić information content (AvgIpc) is 2.50. The first-order valence-corrected chi connectivity index (χ1v) is 7.85. The molecule has 7 nitrogen and oxygen atoms in total. The smallest absolute Gasteiger partial charge is 0.333 e. The van der Waals surface area contributed by atoms with E-state index in [2.05, 4.69) is 15.9 Å². The van der Waals surface area contributed by atoms with Gasteiger partial charge in [0.15, 0.2) is 0 Å². The Morgan fingerprint density at radius 1 is 1.04 bits per heavy atom. The minimum atomic E-state index is -2.22. The fraction of sp³-hybridized carbons (Fsp3) is 0.333. The Hall–Kier alpha value is -2.22. The predicted molar refractivity (Wildman–Crippen MR) is 85.2 cm³/mol. The molecule has 0 radical (unpaired) electrons. The number of nitrogens with zero attached hydrogens (tertiary/aromatic N) is 2. The first kappa shape index (κ1) is 17.1. The Balaban J connectivity index is 2.75. The Morgan fingerprint density at radius 3 is 1.83 bits per heavy atom. The van der Waals surface area contributed by atoms with Gasteiger partial charge in [-0.1, -0.05) is 28.1 Å². The van der Waals surface area contributed by atoms with Crippen molar-refractivity contribution in [1.29, 1.82) is 0 Å². The van der Waals surface area contributed by atoms with E-state index >= 15 is 0 Å². The number of amides is 5. The van der Waals surface area contributed by atoms with E-state index in [0.29, 0.717) is 4.47 Å². The fourth-order valence-electron chi connectivity index (χ4n) is 2.67. The lowest BCUT2D eigenvalue weighted by atomic mass is 9.75. The zero-order valence-electron chi connectivity index (χ0n) is 12.7. The molecule has 1 saturated heterocycles. The molecule has 1 aromatic carbocycles. The van der Waals surface area contributed by atoms with Crippen molar-refractivity contribution in [3.05, 3.63) is 34.3 Å². The van der Waals surface area contributed by atoms with Crippen LogP contribution in [0.5, 0.6) is 0 Å². The molecule has 23 heavy (non-hydrogen) atoms. The number of likely N-dealkylation sites (N-methyl/N-ethyl adjacent to an activating group) is 2. The van der Waals surface area contributed by atoms with Crippen molar-refractivity contribution in [2.24, 2.45) is 5.73 Å². The molecule has 0 saturated carbocycles. The van der Waals surface area contributed by atoms with Gasteiger partial charge < -0.3 is 5.73 Å². The van der Waals surface area contributed by atoms with Gasteiger partial charge in [0.2, 0.25) is 11.3 Å². The lowest BCUT2D eigenvalue weighted by Gasteiger charge is -2.41. The fourth-order valence-corrected chi connectivity index (χ4v) is 2.94. The second-order valence-corrected chi connectivity index (χ2v) is 5.92. The van der Waals surface area contributed by atoms with E-state index in [-0.39, 0.29) is 18.7 Å². The number of carbonyl (C=O) groups excluding carboxylic acids is 4. The van der Waals surface area contributed by atoms with Crippen molar-refractivity contribution >= 4 is 39.7 Å². The molecule has 2 rings (SSSR count). The maximum absolute atomic E-state index is 12.8. The third kappa shape index (κ3) is 2.33. The number of primary amides is 1. The van der Waals surface area contributed by atoms with Crippen LogP contribution in [-0.4, -0.2) is 46.6 Å². The van der Waals surface area contributed by atoms with E-state index in [1.54, 1.807) is 26.0 Å². The summed E-state index contributed by atoms with van der Waals surface area (Å²) in [6.07, 6.45) is 0. The van der Waals surface area contributed by atoms with E-state index < -0.39 is 29.2 Å². The summed E-state index contributed by atoms with van der Waals surface area (Å²) in [5, 5.41) is 0. The van der Waals surface area contributed by atoms with Crippen LogP contribution >= 0.6 is 15.9 Å². The van der Waals surface area contributed by atoms with Crippen molar-refractivity contribution < 1.29 is 19.2 Å². The molecule has 1 heterocycles. The van der Waals surface area contributed by atoms with Crippen molar-refractivity contribution in [3.8, 4) is 0 Å². The predicted octanol–water partition coefficient (Wildman–Crippen LogP) is 1.00. The highest BCUT2D eigenvalue weighted by molar-refractivity contribution is 9.10. The number of carbonyl (C=O) groups is 4. The maximum atomic E-state index is 12.8. The first-order chi connectivity index (χ1) is 10.8. The normalized spacial score (nSPS) is 17.6. The maximum Gasteiger partial charge on any atom is 0.333 e. The molecule has 0 bridgehead atoms. The van der Waals surface area contributed by atoms with Gasteiger partial charge >= 0.3 is 6.03 Å². The van der Waals surface area contributed by atoms with E-state index in [1.165, 1.54) is 12.1 Å². The highest BCUT2D eigenvalue weighted by Gasteiger charge is 2.62. The minimum Gasteiger partial charge on any atom is -0.368 e. The lowest BCUT2D eigenvalue weighted by Crippen LogP contribution is -2.71. The van der Waals surface area contributed by atoms with Gasteiger partial charge in [0, 0.05) is 17.6 Å². The summed E-state index contributed by atoms with van der Waals surface area (Å²) in [5.41, 5.74) is 3.40. The molecule has 2 N–H and O–H groups in total. The summed E-state index contributed by atoms with van der Waals surface area (Å²) in [6, 6.07) is 5.41. The Labute approximate surface area is 141 Å². The number of barbiturate groups is 1. The van der Waals surface area contributed by atoms with Gasteiger partial charge in [-0.25, -0.2) is 4.79 Å². The summed E-state index contributed by atoms with van der Waals surface area (Å²) in [6.45, 7) is 3.25. The second kappa shape index (κ2) is 6.11. The van der Waals surface area contributed by atoms with Crippen LogP contribution in [0.4, 0.5) is 4.79 Å². The Bertz CT molecular complexity index is 660. The Kier molecular flexibility index (Phi) is 4.56. The van der Waals surface area contributed by atoms with E-state index in [1.807, 2.05) is 0 Å². The number of imide groups is 2. The quantitative estimate of drug-likeness (QED) is 0.786. The van der Waals surface area contributed by atoms with Gasteiger partial charge in [0.1, 0.15) is 0 Å².